The Balaban J connectivity index is 2.33. The molecule has 2 nitrogen and oxygen atoms in total. The van der Waals surface area contributed by atoms with E-state index < -0.39 is 23.1 Å². The summed E-state index contributed by atoms with van der Waals surface area (Å²) in [6.07, 6.45) is 0. The summed E-state index contributed by atoms with van der Waals surface area (Å²) in [6.45, 7) is 1.84. The largest absolute Gasteiger partial charge is 0.320 e. The van der Waals surface area contributed by atoms with Crippen molar-refractivity contribution in [2.45, 2.75) is 6.92 Å². The number of carbonyl (C=O) groups is 1. The molecule has 0 aliphatic heterocycles. The maximum absolute atomic E-state index is 13.7. The fourth-order valence-electron chi connectivity index (χ4n) is 1.67. The first kappa shape index (κ1) is 14.9. The number of hydrogen-bond acceptors (Lipinski definition) is 1. The lowest BCUT2D eigenvalue weighted by molar-refractivity contribution is 0.101. The minimum atomic E-state index is -0.947. The van der Waals surface area contributed by atoms with Gasteiger partial charge in [0.25, 0.3) is 5.91 Å². The molecule has 0 spiro atoms. The van der Waals surface area contributed by atoms with Crippen molar-refractivity contribution < 1.29 is 13.6 Å². The van der Waals surface area contributed by atoms with E-state index in [1.165, 1.54) is 0 Å². The fraction of sp³-hybridized carbons (Fsp3) is 0.0714. The number of aryl methyl sites for hydroxylation is 1. The van der Waals surface area contributed by atoms with Crippen LogP contribution >= 0.6 is 27.5 Å². The van der Waals surface area contributed by atoms with Crippen LogP contribution in [0.2, 0.25) is 5.02 Å². The zero-order valence-electron chi connectivity index (χ0n) is 10.3. The Morgan fingerprint density at radius 3 is 2.35 bits per heavy atom. The SMILES string of the molecule is Cc1ccc(NC(=O)c2c(F)cc(Br)cc2F)c(Cl)c1. The van der Waals surface area contributed by atoms with E-state index in [9.17, 15) is 13.6 Å². The van der Waals surface area contributed by atoms with Gasteiger partial charge in [0.15, 0.2) is 0 Å². The maximum atomic E-state index is 13.7. The van der Waals surface area contributed by atoms with E-state index in [1.54, 1.807) is 18.2 Å². The first-order valence-corrected chi connectivity index (χ1v) is 6.77. The molecule has 0 saturated carbocycles. The Morgan fingerprint density at radius 2 is 1.80 bits per heavy atom. The molecule has 0 saturated heterocycles. The van der Waals surface area contributed by atoms with Gasteiger partial charge in [0.2, 0.25) is 0 Å². The summed E-state index contributed by atoms with van der Waals surface area (Å²) in [5, 5.41) is 2.69. The van der Waals surface area contributed by atoms with Crippen LogP contribution in [0.25, 0.3) is 0 Å². The van der Waals surface area contributed by atoms with Crippen LogP contribution in [0.3, 0.4) is 0 Å². The molecule has 104 valence electrons. The predicted octanol–water partition coefficient (Wildman–Crippen LogP) is 4.94. The van der Waals surface area contributed by atoms with E-state index in [0.29, 0.717) is 10.7 Å². The van der Waals surface area contributed by atoms with Crippen molar-refractivity contribution >= 4 is 39.1 Å². The third kappa shape index (κ3) is 3.16. The molecule has 0 unspecified atom stereocenters. The van der Waals surface area contributed by atoms with Crippen molar-refractivity contribution in [3.63, 3.8) is 0 Å². The molecule has 0 heterocycles. The molecular weight excluding hydrogens is 352 g/mol. The van der Waals surface area contributed by atoms with E-state index in [1.807, 2.05) is 6.92 Å². The van der Waals surface area contributed by atoms with Crippen LogP contribution in [0, 0.1) is 18.6 Å². The first-order chi connectivity index (χ1) is 9.38. The number of amides is 1. The molecule has 0 radical (unpaired) electrons. The average molecular weight is 361 g/mol. The Bertz CT molecular complexity index is 668. The summed E-state index contributed by atoms with van der Waals surface area (Å²) in [7, 11) is 0. The van der Waals surface area contributed by atoms with Crippen molar-refractivity contribution in [2.24, 2.45) is 0 Å². The molecule has 1 amide bonds. The molecule has 0 atom stereocenters. The number of hydrogen-bond donors (Lipinski definition) is 1. The summed E-state index contributed by atoms with van der Waals surface area (Å²) in [5.41, 5.74) is 0.558. The van der Waals surface area contributed by atoms with Crippen LogP contribution in [0.1, 0.15) is 15.9 Å². The van der Waals surface area contributed by atoms with Crippen LogP contribution in [0.4, 0.5) is 14.5 Å². The van der Waals surface area contributed by atoms with Crippen LogP contribution in [0.15, 0.2) is 34.8 Å². The van der Waals surface area contributed by atoms with Crippen molar-refractivity contribution in [1.82, 2.24) is 0 Å². The number of halogens is 4. The molecule has 0 fully saturated rings. The normalized spacial score (nSPS) is 10.4. The van der Waals surface area contributed by atoms with Gasteiger partial charge in [0, 0.05) is 4.47 Å². The van der Waals surface area contributed by atoms with E-state index >= 15 is 0 Å². The van der Waals surface area contributed by atoms with Crippen LogP contribution < -0.4 is 5.32 Å². The van der Waals surface area contributed by atoms with Gasteiger partial charge >= 0.3 is 0 Å². The molecule has 20 heavy (non-hydrogen) atoms. The second-order valence-corrected chi connectivity index (χ2v) is 5.50. The molecule has 6 heteroatoms. The van der Waals surface area contributed by atoms with Gasteiger partial charge in [-0.1, -0.05) is 33.6 Å². The van der Waals surface area contributed by atoms with Gasteiger partial charge in [-0.05, 0) is 36.8 Å². The lowest BCUT2D eigenvalue weighted by Gasteiger charge is -2.09. The van der Waals surface area contributed by atoms with Gasteiger partial charge < -0.3 is 5.32 Å². The number of carbonyl (C=O) groups excluding carboxylic acids is 1. The molecule has 0 aliphatic rings. The molecular formula is C14H9BrClF2NO. The standard InChI is InChI=1S/C14H9BrClF2NO/c1-7-2-3-12(9(16)4-7)19-14(20)13-10(17)5-8(15)6-11(13)18/h2-6H,1H3,(H,19,20). The highest BCUT2D eigenvalue weighted by molar-refractivity contribution is 9.10. The van der Waals surface area contributed by atoms with Gasteiger partial charge in [0.05, 0.1) is 10.7 Å². The molecule has 2 rings (SSSR count). The smallest absolute Gasteiger partial charge is 0.261 e. The summed E-state index contributed by atoms with van der Waals surface area (Å²) >= 11 is 8.91. The lowest BCUT2D eigenvalue weighted by atomic mass is 10.1. The average Bonchev–Trinajstić information content (AvgIpc) is 2.31. The van der Waals surface area contributed by atoms with E-state index in [2.05, 4.69) is 21.2 Å². The van der Waals surface area contributed by atoms with Gasteiger partial charge in [-0.15, -0.1) is 0 Å². The maximum Gasteiger partial charge on any atom is 0.261 e. The molecule has 1 N–H and O–H groups in total. The van der Waals surface area contributed by atoms with E-state index in [4.69, 9.17) is 11.6 Å². The lowest BCUT2D eigenvalue weighted by Crippen LogP contribution is -2.16. The zero-order chi connectivity index (χ0) is 14.9. The summed E-state index contributed by atoms with van der Waals surface area (Å²) in [4.78, 5) is 11.9. The second-order valence-electron chi connectivity index (χ2n) is 4.18. The highest BCUT2D eigenvalue weighted by atomic mass is 79.9. The molecule has 0 aliphatic carbocycles. The minimum Gasteiger partial charge on any atom is -0.320 e. The summed E-state index contributed by atoms with van der Waals surface area (Å²) in [5.74, 6) is -2.78. The molecule has 2 aromatic rings. The Morgan fingerprint density at radius 1 is 1.20 bits per heavy atom. The van der Waals surface area contributed by atoms with E-state index in [-0.39, 0.29) is 4.47 Å². The quantitative estimate of drug-likeness (QED) is 0.807. The van der Waals surface area contributed by atoms with Crippen LogP contribution in [0.5, 0.6) is 0 Å². The topological polar surface area (TPSA) is 29.1 Å². The Labute approximate surface area is 127 Å². The van der Waals surface area contributed by atoms with Crippen LogP contribution in [-0.2, 0) is 0 Å². The predicted molar refractivity (Wildman–Crippen MR) is 78.2 cm³/mol. The highest BCUT2D eigenvalue weighted by Crippen LogP contribution is 2.25. The number of benzene rings is 2. The number of rotatable bonds is 2. The van der Waals surface area contributed by atoms with Crippen LogP contribution in [-0.4, -0.2) is 5.91 Å². The van der Waals surface area contributed by atoms with Gasteiger partial charge in [-0.25, -0.2) is 8.78 Å². The molecule has 0 aromatic heterocycles. The third-order valence-corrected chi connectivity index (χ3v) is 3.38. The van der Waals surface area contributed by atoms with Crippen molar-refractivity contribution in [1.29, 1.82) is 0 Å². The summed E-state index contributed by atoms with van der Waals surface area (Å²) in [6, 6.07) is 7.00. The van der Waals surface area contributed by atoms with Gasteiger partial charge in [0.1, 0.15) is 17.2 Å². The fourth-order valence-corrected chi connectivity index (χ4v) is 2.35. The highest BCUT2D eigenvalue weighted by Gasteiger charge is 2.19. The van der Waals surface area contributed by atoms with Crippen molar-refractivity contribution in [2.75, 3.05) is 5.32 Å². The van der Waals surface area contributed by atoms with Gasteiger partial charge in [-0.3, -0.25) is 4.79 Å². The zero-order valence-corrected chi connectivity index (χ0v) is 12.6. The second kappa shape index (κ2) is 5.89. The summed E-state index contributed by atoms with van der Waals surface area (Å²) < 4.78 is 27.6. The van der Waals surface area contributed by atoms with Crippen molar-refractivity contribution in [3.8, 4) is 0 Å². The van der Waals surface area contributed by atoms with E-state index in [0.717, 1.165) is 17.7 Å². The Hall–Kier alpha value is -1.46. The molecule has 2 aromatic carbocycles. The van der Waals surface area contributed by atoms with Crippen molar-refractivity contribution in [3.05, 3.63) is 62.6 Å². The monoisotopic (exact) mass is 359 g/mol. The third-order valence-electron chi connectivity index (χ3n) is 2.61. The number of anilines is 1. The minimum absolute atomic E-state index is 0.220. The molecule has 0 bridgehead atoms. The first-order valence-electron chi connectivity index (χ1n) is 5.60. The Kier molecular flexibility index (Phi) is 4.40. The number of nitrogens with one attached hydrogen (secondary N) is 1. The van der Waals surface area contributed by atoms with Gasteiger partial charge in [-0.2, -0.15) is 0 Å².